The molecular weight excluding hydrogens is 1490 g/mol. The molecule has 11 heteroatoms. The van der Waals surface area contributed by atoms with Gasteiger partial charge in [-0.25, -0.2) is 39.9 Å². The first kappa shape index (κ1) is 69.2. The smallest absolute Gasteiger partial charge is 0.164 e. The minimum absolute atomic E-state index is 0.0789. The molecule has 0 saturated heterocycles. The molecule has 0 unspecified atom stereocenters. The second-order valence-electron chi connectivity index (χ2n) is 31.5. The van der Waals surface area contributed by atoms with Gasteiger partial charge in [0.15, 0.2) is 34.9 Å². The van der Waals surface area contributed by atoms with Gasteiger partial charge < -0.3 is 4.98 Å². The molecule has 16 aromatic carbocycles. The number of nitrogens with zero attached hydrogens (tertiary/aromatic N) is 9. The van der Waals surface area contributed by atoms with Gasteiger partial charge in [-0.2, -0.15) is 0 Å². The van der Waals surface area contributed by atoms with Crippen molar-refractivity contribution in [1.82, 2.24) is 49.4 Å². The normalized spacial score (nSPS) is 13.0. The average Bonchev–Trinajstić information content (AvgIpc) is 1.56. The van der Waals surface area contributed by atoms with Crippen molar-refractivity contribution < 1.29 is 0 Å². The lowest BCUT2D eigenvalue weighted by molar-refractivity contribution is 0.661. The Kier molecular flexibility index (Phi) is 16.2. The van der Waals surface area contributed by atoms with E-state index in [-0.39, 0.29) is 10.8 Å². The largest absolute Gasteiger partial charge is 0.339 e. The maximum absolute atomic E-state index is 5.05. The van der Waals surface area contributed by atoms with Gasteiger partial charge in [-0.15, -0.1) is 0 Å². The number of aromatic amines is 1. The van der Waals surface area contributed by atoms with E-state index in [0.29, 0.717) is 34.9 Å². The molecular formula is C106H71BrN10. The quantitative estimate of drug-likeness (QED) is 0.157. The van der Waals surface area contributed by atoms with E-state index in [1.165, 1.54) is 125 Å². The van der Waals surface area contributed by atoms with Crippen LogP contribution in [0.5, 0.6) is 0 Å². The Morgan fingerprint density at radius 2 is 0.581 bits per heavy atom. The third-order valence-corrected chi connectivity index (χ3v) is 24.5. The van der Waals surface area contributed by atoms with Gasteiger partial charge in [0.1, 0.15) is 11.3 Å². The maximum atomic E-state index is 5.05. The fraction of sp³-hybridized carbons (Fsp3) is 0.0566. The molecule has 6 aromatic heterocycles. The van der Waals surface area contributed by atoms with E-state index in [4.69, 9.17) is 29.9 Å². The van der Waals surface area contributed by atoms with Crippen molar-refractivity contribution in [2.45, 2.75) is 38.5 Å². The zero-order valence-electron chi connectivity index (χ0n) is 64.4. The van der Waals surface area contributed by atoms with Gasteiger partial charge in [0, 0.05) is 93.8 Å². The minimum atomic E-state index is -0.233. The SMILES string of the molecule is Brc1cccc(-c2nc(-c3ccccc3)nc(-c3ccccc3)n2)c1.CC1(C)c2cc3[nH]c4ncccc4c3cc2-c2cc3c4ccccc4c4ccccc4c3cc21.CC1(C)c2cc3c4ccccc4c4ccccc4c3cc2-c2cc3c4cccnc4n(-c4cccc(-c5nc(-c6ccccc6)nc(-c6ccccc6)n5)c4)c3cc21. The predicted octanol–water partition coefficient (Wildman–Crippen LogP) is 27.2. The molecule has 0 bridgehead atoms. The third kappa shape index (κ3) is 11.5. The molecule has 552 valence electrons. The summed E-state index contributed by atoms with van der Waals surface area (Å²) in [5, 5.41) is 20.5. The fourth-order valence-electron chi connectivity index (χ4n) is 18.4. The number of halogens is 1. The van der Waals surface area contributed by atoms with Gasteiger partial charge in [0.2, 0.25) is 0 Å². The Hall–Kier alpha value is -14.5. The van der Waals surface area contributed by atoms with Gasteiger partial charge in [0.25, 0.3) is 0 Å². The van der Waals surface area contributed by atoms with Gasteiger partial charge >= 0.3 is 0 Å². The average molecular weight is 1560 g/mol. The zero-order chi connectivity index (χ0) is 78.2. The first-order chi connectivity index (χ1) is 57.4. The molecule has 6 heterocycles. The Balaban J connectivity index is 0.000000118. The number of hydrogen-bond acceptors (Lipinski definition) is 8. The summed E-state index contributed by atoms with van der Waals surface area (Å²) in [5.74, 6) is 3.90. The Morgan fingerprint density at radius 1 is 0.256 bits per heavy atom. The van der Waals surface area contributed by atoms with Crippen LogP contribution in [0, 0.1) is 0 Å². The molecule has 0 amide bonds. The number of H-pyrrole nitrogens is 1. The standard InChI is InChI=1S/C53H35N5.C32H22N2.C21H14BrN3/c1-53(2)46-30-42-39-24-12-10-22-37(39)36-21-9-11-23-38(36)41(42)28-43(46)44-29-45-40-25-14-26-54-52(40)58(48(45)31-47(44)53)35-20-13-19-34(27-35)51-56-49(32-15-5-3-6-16-32)55-50(57-51)33-17-7-4-8-18-33;1-32(2)28-16-24-21-11-6-4-9-19(21)18-8-3-5-10-20(18)23(24)14-25(28)26-15-27-22-12-7-13-33-31(22)34-30(27)17-29(26)32;22-18-13-7-12-17(14-18)21-24-19(15-8-3-1-4-9-15)23-20(25-21)16-10-5-2-6-11-16/h3-31H,1-2H3;3-17H,1-2H3,(H,33,34);1-14H. The van der Waals surface area contributed by atoms with E-state index in [9.17, 15) is 0 Å². The van der Waals surface area contributed by atoms with E-state index >= 15 is 0 Å². The van der Waals surface area contributed by atoms with Crippen molar-refractivity contribution in [2.75, 3.05) is 0 Å². The summed E-state index contributed by atoms with van der Waals surface area (Å²) in [6, 6.07) is 120. The topological polar surface area (TPSA) is 124 Å². The lowest BCUT2D eigenvalue weighted by Gasteiger charge is -2.22. The van der Waals surface area contributed by atoms with Crippen LogP contribution in [0.1, 0.15) is 49.9 Å². The van der Waals surface area contributed by atoms with E-state index < -0.39 is 0 Å². The van der Waals surface area contributed by atoms with Crippen LogP contribution in [0.4, 0.5) is 0 Å². The summed E-state index contributed by atoms with van der Waals surface area (Å²) >= 11 is 3.52. The summed E-state index contributed by atoms with van der Waals surface area (Å²) in [7, 11) is 0. The van der Waals surface area contributed by atoms with Crippen LogP contribution in [-0.4, -0.2) is 49.4 Å². The van der Waals surface area contributed by atoms with E-state index in [1.54, 1.807) is 0 Å². The van der Waals surface area contributed by atoms with Crippen molar-refractivity contribution in [3.8, 4) is 96.3 Å². The molecule has 22 aromatic rings. The third-order valence-electron chi connectivity index (χ3n) is 24.1. The lowest BCUT2D eigenvalue weighted by atomic mass is 9.81. The molecule has 10 nitrogen and oxygen atoms in total. The first-order valence-corrected chi connectivity index (χ1v) is 40.4. The van der Waals surface area contributed by atoms with Crippen molar-refractivity contribution in [2.24, 2.45) is 0 Å². The van der Waals surface area contributed by atoms with Crippen LogP contribution >= 0.6 is 15.9 Å². The highest BCUT2D eigenvalue weighted by Crippen LogP contribution is 2.56. The van der Waals surface area contributed by atoms with Gasteiger partial charge in [-0.3, -0.25) is 4.57 Å². The highest BCUT2D eigenvalue weighted by Gasteiger charge is 2.39. The van der Waals surface area contributed by atoms with Crippen LogP contribution in [0.3, 0.4) is 0 Å². The maximum Gasteiger partial charge on any atom is 0.164 e. The number of rotatable bonds is 7. The lowest BCUT2D eigenvalue weighted by Crippen LogP contribution is -2.15. The summed E-state index contributed by atoms with van der Waals surface area (Å²) in [5.41, 5.74) is 21.3. The molecule has 2 aliphatic rings. The monoisotopic (exact) mass is 1560 g/mol. The number of nitrogens with one attached hydrogen (secondary N) is 1. The molecule has 0 spiro atoms. The molecule has 0 aliphatic heterocycles. The molecule has 2 aliphatic carbocycles. The number of pyridine rings is 2. The highest BCUT2D eigenvalue weighted by molar-refractivity contribution is 9.10. The number of fused-ring (bicyclic) bond motifs is 24. The summed E-state index contributed by atoms with van der Waals surface area (Å²) < 4.78 is 3.30. The second kappa shape index (κ2) is 27.4. The van der Waals surface area contributed by atoms with Crippen molar-refractivity contribution in [3.63, 3.8) is 0 Å². The summed E-state index contributed by atoms with van der Waals surface area (Å²) in [6.45, 7) is 9.47. The van der Waals surface area contributed by atoms with Gasteiger partial charge in [-0.05, 0) is 206 Å². The molecule has 117 heavy (non-hydrogen) atoms. The van der Waals surface area contributed by atoms with Crippen LogP contribution in [0.25, 0.3) is 205 Å². The van der Waals surface area contributed by atoms with Crippen LogP contribution in [0.15, 0.2) is 357 Å². The van der Waals surface area contributed by atoms with Crippen molar-refractivity contribution in [3.05, 3.63) is 379 Å². The molecule has 0 fully saturated rings. The minimum Gasteiger partial charge on any atom is -0.339 e. The van der Waals surface area contributed by atoms with Gasteiger partial charge in [0.05, 0.1) is 5.52 Å². The second-order valence-corrected chi connectivity index (χ2v) is 32.5. The van der Waals surface area contributed by atoms with Gasteiger partial charge in [-0.1, -0.05) is 286 Å². The summed E-state index contributed by atoms with van der Waals surface area (Å²) in [4.78, 5) is 42.2. The highest BCUT2D eigenvalue weighted by atomic mass is 79.9. The Bertz CT molecular complexity index is 7720. The molecule has 0 atom stereocenters. The van der Waals surface area contributed by atoms with E-state index in [0.717, 1.165) is 71.3 Å². The van der Waals surface area contributed by atoms with Crippen LogP contribution in [-0.2, 0) is 10.8 Å². The number of benzene rings is 16. The molecule has 1 N–H and O–H groups in total. The van der Waals surface area contributed by atoms with E-state index in [1.807, 2.05) is 170 Å². The zero-order valence-corrected chi connectivity index (χ0v) is 66.0. The van der Waals surface area contributed by atoms with Crippen molar-refractivity contribution in [1.29, 1.82) is 0 Å². The molecule has 0 saturated carbocycles. The predicted molar refractivity (Wildman–Crippen MR) is 486 cm³/mol. The summed E-state index contributed by atoms with van der Waals surface area (Å²) in [6.07, 6.45) is 3.74. The Morgan fingerprint density at radius 3 is 1.02 bits per heavy atom. The number of hydrogen-bond donors (Lipinski definition) is 1. The number of aromatic nitrogens is 10. The molecule has 24 rings (SSSR count). The van der Waals surface area contributed by atoms with E-state index in [2.05, 4.69) is 245 Å². The Labute approximate surface area is 682 Å². The first-order valence-electron chi connectivity index (χ1n) is 39.6. The van der Waals surface area contributed by atoms with Crippen molar-refractivity contribution >= 4 is 124 Å². The van der Waals surface area contributed by atoms with Crippen LogP contribution in [0.2, 0.25) is 0 Å². The fourth-order valence-corrected chi connectivity index (χ4v) is 18.8. The molecule has 0 radical (unpaired) electrons. The van der Waals surface area contributed by atoms with Crippen LogP contribution < -0.4 is 0 Å².